The van der Waals surface area contributed by atoms with Gasteiger partial charge in [0.15, 0.2) is 0 Å². The molecule has 1 aromatic heterocycles. The Labute approximate surface area is 109 Å². The molecule has 7 heteroatoms. The average Bonchev–Trinajstić information content (AvgIpc) is 2.84. The summed E-state index contributed by atoms with van der Waals surface area (Å²) in [5.41, 5.74) is 0.213. The van der Waals surface area contributed by atoms with E-state index >= 15 is 0 Å². The molecule has 0 saturated carbocycles. The van der Waals surface area contributed by atoms with Crippen LogP contribution in [0, 0.1) is 5.82 Å². The Morgan fingerprint density at radius 3 is 3.05 bits per heavy atom. The second-order valence-corrected chi connectivity index (χ2v) is 4.03. The van der Waals surface area contributed by atoms with Gasteiger partial charge in [-0.3, -0.25) is 10.1 Å². The fourth-order valence-corrected chi connectivity index (χ4v) is 1.49. The summed E-state index contributed by atoms with van der Waals surface area (Å²) in [6.07, 6.45) is 1.96. The van der Waals surface area contributed by atoms with Crippen molar-refractivity contribution >= 4 is 11.9 Å². The Morgan fingerprint density at radius 2 is 2.32 bits per heavy atom. The lowest BCUT2D eigenvalue weighted by Gasteiger charge is -2.00. The van der Waals surface area contributed by atoms with Crippen LogP contribution in [-0.4, -0.2) is 26.1 Å². The number of aryl methyl sites for hydroxylation is 1. The van der Waals surface area contributed by atoms with E-state index in [-0.39, 0.29) is 11.5 Å². The van der Waals surface area contributed by atoms with Gasteiger partial charge in [-0.2, -0.15) is 4.80 Å². The second kappa shape index (κ2) is 6.03. The van der Waals surface area contributed by atoms with Gasteiger partial charge in [-0.1, -0.05) is 24.5 Å². The number of aromatic nitrogens is 4. The third-order valence-corrected chi connectivity index (χ3v) is 2.48. The number of rotatable bonds is 5. The van der Waals surface area contributed by atoms with E-state index in [1.54, 1.807) is 0 Å². The topological polar surface area (TPSA) is 72.7 Å². The highest BCUT2D eigenvalue weighted by molar-refractivity contribution is 6.03. The Morgan fingerprint density at radius 1 is 1.47 bits per heavy atom. The number of amides is 1. The van der Waals surface area contributed by atoms with Gasteiger partial charge in [0.2, 0.25) is 0 Å². The molecule has 0 unspecified atom stereocenters. The first kappa shape index (κ1) is 13.1. The first-order valence-electron chi connectivity index (χ1n) is 6.04. The van der Waals surface area contributed by atoms with Crippen LogP contribution >= 0.6 is 0 Å². The van der Waals surface area contributed by atoms with Gasteiger partial charge >= 0.3 is 0 Å². The zero-order valence-corrected chi connectivity index (χ0v) is 10.5. The number of tetrazole rings is 1. The molecule has 0 aliphatic carbocycles. The van der Waals surface area contributed by atoms with Crippen molar-refractivity contribution in [2.75, 3.05) is 5.32 Å². The molecule has 1 aromatic carbocycles. The highest BCUT2D eigenvalue weighted by atomic mass is 19.1. The van der Waals surface area contributed by atoms with Crippen molar-refractivity contribution in [1.29, 1.82) is 0 Å². The maximum absolute atomic E-state index is 13.0. The lowest BCUT2D eigenvalue weighted by molar-refractivity contribution is 0.102. The van der Waals surface area contributed by atoms with Gasteiger partial charge in [-0.25, -0.2) is 4.39 Å². The molecule has 2 rings (SSSR count). The predicted molar refractivity (Wildman–Crippen MR) is 67.1 cm³/mol. The van der Waals surface area contributed by atoms with E-state index in [1.807, 2.05) is 0 Å². The molecule has 0 saturated heterocycles. The molecule has 1 amide bonds. The summed E-state index contributed by atoms with van der Waals surface area (Å²) in [5.74, 6) is -0.813. The molecule has 0 radical (unpaired) electrons. The van der Waals surface area contributed by atoms with Crippen LogP contribution in [-0.2, 0) is 6.54 Å². The summed E-state index contributed by atoms with van der Waals surface area (Å²) in [5, 5.41) is 14.0. The van der Waals surface area contributed by atoms with E-state index < -0.39 is 11.7 Å². The van der Waals surface area contributed by atoms with E-state index in [2.05, 4.69) is 27.7 Å². The van der Waals surface area contributed by atoms with Crippen molar-refractivity contribution in [3.8, 4) is 0 Å². The Hall–Kier alpha value is -2.31. The molecule has 0 spiro atoms. The van der Waals surface area contributed by atoms with Crippen LogP contribution in [0.1, 0.15) is 30.1 Å². The average molecular weight is 263 g/mol. The highest BCUT2D eigenvalue weighted by Gasteiger charge is 2.10. The number of unbranched alkanes of at least 4 members (excludes halogenated alkanes) is 1. The fourth-order valence-electron chi connectivity index (χ4n) is 1.49. The normalized spacial score (nSPS) is 10.4. The minimum atomic E-state index is -0.466. The quantitative estimate of drug-likeness (QED) is 0.893. The molecule has 0 bridgehead atoms. The number of carbonyl (C=O) groups excluding carboxylic acids is 1. The number of halogens is 1. The largest absolute Gasteiger partial charge is 0.288 e. The van der Waals surface area contributed by atoms with Gasteiger partial charge < -0.3 is 0 Å². The molecule has 0 aliphatic heterocycles. The number of benzene rings is 1. The molecule has 6 nitrogen and oxygen atoms in total. The Kier molecular flexibility index (Phi) is 4.17. The smallest absolute Gasteiger partial charge is 0.270 e. The van der Waals surface area contributed by atoms with E-state index in [4.69, 9.17) is 0 Å². The standard InChI is InChI=1S/C12H14FN5O/c1-2-3-7-18-16-12(15-17-18)14-11(19)9-5-4-6-10(13)8-9/h4-6,8H,2-3,7H2,1H3,(H,14,16,19). The predicted octanol–water partition coefficient (Wildman–Crippen LogP) is 1.86. The first-order chi connectivity index (χ1) is 9.19. The molecule has 0 fully saturated rings. The molecule has 2 aromatic rings. The van der Waals surface area contributed by atoms with E-state index in [1.165, 1.54) is 23.0 Å². The van der Waals surface area contributed by atoms with Crippen LogP contribution in [0.5, 0.6) is 0 Å². The summed E-state index contributed by atoms with van der Waals surface area (Å²) in [4.78, 5) is 13.2. The molecule has 0 atom stereocenters. The molecule has 0 aliphatic rings. The van der Waals surface area contributed by atoms with Crippen molar-refractivity contribution in [1.82, 2.24) is 20.2 Å². The molecule has 19 heavy (non-hydrogen) atoms. The third-order valence-electron chi connectivity index (χ3n) is 2.48. The number of nitrogens with one attached hydrogen (secondary N) is 1. The molecule has 1 heterocycles. The van der Waals surface area contributed by atoms with Crippen molar-refractivity contribution in [3.05, 3.63) is 35.6 Å². The molecular formula is C12H14FN5O. The van der Waals surface area contributed by atoms with Crippen LogP contribution in [0.2, 0.25) is 0 Å². The molecule has 1 N–H and O–H groups in total. The number of hydrogen-bond acceptors (Lipinski definition) is 4. The van der Waals surface area contributed by atoms with Crippen molar-refractivity contribution < 1.29 is 9.18 Å². The first-order valence-corrected chi connectivity index (χ1v) is 6.04. The zero-order valence-electron chi connectivity index (χ0n) is 10.5. The molecule has 100 valence electrons. The maximum Gasteiger partial charge on any atom is 0.270 e. The summed E-state index contributed by atoms with van der Waals surface area (Å²) in [6.45, 7) is 2.71. The monoisotopic (exact) mass is 263 g/mol. The summed E-state index contributed by atoms with van der Waals surface area (Å²) < 4.78 is 13.0. The van der Waals surface area contributed by atoms with Gasteiger partial charge in [0.05, 0.1) is 6.54 Å². The van der Waals surface area contributed by atoms with Gasteiger partial charge in [-0.15, -0.1) is 5.10 Å². The summed E-state index contributed by atoms with van der Waals surface area (Å²) in [7, 11) is 0. The fraction of sp³-hybridized carbons (Fsp3) is 0.333. The lowest BCUT2D eigenvalue weighted by atomic mass is 10.2. The second-order valence-electron chi connectivity index (χ2n) is 4.03. The van der Waals surface area contributed by atoms with Crippen LogP contribution in [0.25, 0.3) is 0 Å². The van der Waals surface area contributed by atoms with Crippen molar-refractivity contribution in [3.63, 3.8) is 0 Å². The third kappa shape index (κ3) is 3.57. The van der Waals surface area contributed by atoms with Crippen molar-refractivity contribution in [2.45, 2.75) is 26.3 Å². The van der Waals surface area contributed by atoms with Gasteiger partial charge in [0.1, 0.15) is 5.82 Å². The lowest BCUT2D eigenvalue weighted by Crippen LogP contribution is -2.13. The summed E-state index contributed by atoms with van der Waals surface area (Å²) in [6, 6.07) is 5.41. The van der Waals surface area contributed by atoms with E-state index in [0.29, 0.717) is 6.54 Å². The zero-order chi connectivity index (χ0) is 13.7. The molecular weight excluding hydrogens is 249 g/mol. The van der Waals surface area contributed by atoms with Crippen LogP contribution < -0.4 is 5.32 Å². The van der Waals surface area contributed by atoms with Gasteiger partial charge in [-0.05, 0) is 29.8 Å². The Bertz CT molecular complexity index is 569. The SMILES string of the molecule is CCCCn1nnc(NC(=O)c2cccc(F)c2)n1. The minimum Gasteiger partial charge on any atom is -0.288 e. The highest BCUT2D eigenvalue weighted by Crippen LogP contribution is 2.06. The summed E-state index contributed by atoms with van der Waals surface area (Å²) >= 11 is 0. The van der Waals surface area contributed by atoms with Crippen molar-refractivity contribution in [2.24, 2.45) is 0 Å². The van der Waals surface area contributed by atoms with E-state index in [0.717, 1.165) is 18.9 Å². The van der Waals surface area contributed by atoms with Crippen LogP contribution in [0.4, 0.5) is 10.3 Å². The van der Waals surface area contributed by atoms with Gasteiger partial charge in [0.25, 0.3) is 11.9 Å². The number of nitrogens with zero attached hydrogens (tertiary/aromatic N) is 4. The number of anilines is 1. The van der Waals surface area contributed by atoms with E-state index in [9.17, 15) is 9.18 Å². The Balaban J connectivity index is 2.00. The van der Waals surface area contributed by atoms with Gasteiger partial charge in [0, 0.05) is 5.56 Å². The maximum atomic E-state index is 13.0. The van der Waals surface area contributed by atoms with Crippen LogP contribution in [0.3, 0.4) is 0 Å². The number of hydrogen-bond donors (Lipinski definition) is 1. The van der Waals surface area contributed by atoms with Crippen LogP contribution in [0.15, 0.2) is 24.3 Å². The minimum absolute atomic E-state index is 0.116. The number of carbonyl (C=O) groups is 1.